The van der Waals surface area contributed by atoms with Crippen LogP contribution in [0.25, 0.3) is 6.08 Å². The van der Waals surface area contributed by atoms with Crippen molar-refractivity contribution in [3.8, 4) is 6.07 Å². The summed E-state index contributed by atoms with van der Waals surface area (Å²) in [5.74, 6) is -0.273. The van der Waals surface area contributed by atoms with Crippen molar-refractivity contribution in [2.24, 2.45) is 0 Å². The molecule has 1 aromatic rings. The normalized spacial score (nSPS) is 11.7. The number of anilines is 1. The van der Waals surface area contributed by atoms with Crippen LogP contribution in [0.1, 0.15) is 25.8 Å². The van der Waals surface area contributed by atoms with Crippen LogP contribution in [0, 0.1) is 11.3 Å². The van der Waals surface area contributed by atoms with E-state index in [4.69, 9.17) is 5.26 Å². The van der Waals surface area contributed by atoms with Crippen LogP contribution in [-0.2, 0) is 9.59 Å². The summed E-state index contributed by atoms with van der Waals surface area (Å²) in [6.45, 7) is 3.28. The average Bonchev–Trinajstić information content (AvgIpc) is 2.45. The first kappa shape index (κ1) is 16.4. The van der Waals surface area contributed by atoms with Crippen molar-refractivity contribution >= 4 is 23.6 Å². The minimum atomic E-state index is -0.149. The molecule has 0 aromatic heterocycles. The van der Waals surface area contributed by atoms with E-state index in [2.05, 4.69) is 5.32 Å². The molecule has 0 spiro atoms. The van der Waals surface area contributed by atoms with Gasteiger partial charge in [0.2, 0.25) is 11.8 Å². The van der Waals surface area contributed by atoms with Crippen molar-refractivity contribution in [2.75, 3.05) is 12.4 Å². The van der Waals surface area contributed by atoms with E-state index < -0.39 is 0 Å². The second kappa shape index (κ2) is 7.85. The van der Waals surface area contributed by atoms with E-state index in [9.17, 15) is 9.59 Å². The van der Waals surface area contributed by atoms with Crippen molar-refractivity contribution in [2.45, 2.75) is 26.3 Å². The number of carbonyl (C=O) groups is 2. The lowest BCUT2D eigenvalue weighted by Crippen LogP contribution is -2.33. The highest BCUT2D eigenvalue weighted by Crippen LogP contribution is 2.11. The Morgan fingerprint density at radius 3 is 2.52 bits per heavy atom. The van der Waals surface area contributed by atoms with Gasteiger partial charge in [-0.2, -0.15) is 5.26 Å². The zero-order valence-corrected chi connectivity index (χ0v) is 12.5. The number of hydrogen-bond donors (Lipinski definition) is 1. The molecule has 5 heteroatoms. The standard InChI is InChI=1S/C16H19N3O2/c1-12(10-11-17)19(3)16(21)9-6-14-4-7-15(8-5-14)18-13(2)20/h4-9,12H,10H2,1-3H3,(H,18,20)/b9-6-/t12-/m1/s1. The van der Waals surface area contributed by atoms with Gasteiger partial charge in [0, 0.05) is 31.8 Å². The zero-order chi connectivity index (χ0) is 15.8. The Labute approximate surface area is 124 Å². The molecule has 0 aliphatic carbocycles. The summed E-state index contributed by atoms with van der Waals surface area (Å²) in [7, 11) is 1.68. The van der Waals surface area contributed by atoms with Crippen molar-refractivity contribution < 1.29 is 9.59 Å². The predicted octanol–water partition coefficient (Wildman–Crippen LogP) is 2.42. The maximum Gasteiger partial charge on any atom is 0.246 e. The van der Waals surface area contributed by atoms with Crippen molar-refractivity contribution in [3.63, 3.8) is 0 Å². The Morgan fingerprint density at radius 1 is 1.38 bits per heavy atom. The zero-order valence-electron chi connectivity index (χ0n) is 12.5. The Bertz CT molecular complexity index is 570. The summed E-state index contributed by atoms with van der Waals surface area (Å²) in [5, 5.41) is 11.3. The van der Waals surface area contributed by atoms with E-state index in [0.717, 1.165) is 5.56 Å². The van der Waals surface area contributed by atoms with Gasteiger partial charge >= 0.3 is 0 Å². The van der Waals surface area contributed by atoms with E-state index in [0.29, 0.717) is 12.1 Å². The number of nitriles is 1. The van der Waals surface area contributed by atoms with E-state index in [1.807, 2.05) is 25.1 Å². The minimum absolute atomic E-state index is 0.116. The molecule has 21 heavy (non-hydrogen) atoms. The number of amides is 2. The molecular weight excluding hydrogens is 266 g/mol. The highest BCUT2D eigenvalue weighted by Gasteiger charge is 2.12. The van der Waals surface area contributed by atoms with Crippen molar-refractivity contribution in [3.05, 3.63) is 35.9 Å². The molecular formula is C16H19N3O2. The van der Waals surface area contributed by atoms with Gasteiger partial charge in [0.05, 0.1) is 12.5 Å². The highest BCUT2D eigenvalue weighted by atomic mass is 16.2. The number of nitrogens with one attached hydrogen (secondary N) is 1. The monoisotopic (exact) mass is 285 g/mol. The molecule has 0 fully saturated rings. The molecule has 0 unspecified atom stereocenters. The molecule has 0 saturated heterocycles. The Kier molecular flexibility index (Phi) is 6.15. The van der Waals surface area contributed by atoms with Gasteiger partial charge in [0.25, 0.3) is 0 Å². The lowest BCUT2D eigenvalue weighted by molar-refractivity contribution is -0.126. The largest absolute Gasteiger partial charge is 0.338 e. The summed E-state index contributed by atoms with van der Waals surface area (Å²) < 4.78 is 0. The first-order chi connectivity index (χ1) is 9.93. The van der Waals surface area contributed by atoms with Gasteiger partial charge in [0.1, 0.15) is 0 Å². The molecule has 0 heterocycles. The molecule has 0 aliphatic heterocycles. The highest BCUT2D eigenvalue weighted by molar-refractivity contribution is 5.92. The first-order valence-electron chi connectivity index (χ1n) is 6.63. The molecule has 1 rings (SSSR count). The van der Waals surface area contributed by atoms with Crippen LogP contribution in [0.3, 0.4) is 0 Å². The molecule has 0 radical (unpaired) electrons. The first-order valence-corrected chi connectivity index (χ1v) is 6.63. The maximum atomic E-state index is 11.9. The fourth-order valence-electron chi connectivity index (χ4n) is 1.65. The van der Waals surface area contributed by atoms with Crippen LogP contribution in [0.4, 0.5) is 5.69 Å². The minimum Gasteiger partial charge on any atom is -0.338 e. The Hall–Kier alpha value is -2.61. The summed E-state index contributed by atoms with van der Waals surface area (Å²) in [4.78, 5) is 24.4. The number of carbonyl (C=O) groups excluding carboxylic acids is 2. The molecule has 0 aliphatic rings. The van der Waals surface area contributed by atoms with Crippen LogP contribution in [0.5, 0.6) is 0 Å². The van der Waals surface area contributed by atoms with Gasteiger partial charge in [-0.3, -0.25) is 9.59 Å². The summed E-state index contributed by atoms with van der Waals surface area (Å²) in [6, 6.07) is 9.10. The second-order valence-electron chi connectivity index (χ2n) is 4.80. The Morgan fingerprint density at radius 2 is 2.00 bits per heavy atom. The Balaban J connectivity index is 2.66. The molecule has 5 nitrogen and oxygen atoms in total. The van der Waals surface area contributed by atoms with Crippen LogP contribution < -0.4 is 5.32 Å². The summed E-state index contributed by atoms with van der Waals surface area (Å²) >= 11 is 0. The van der Waals surface area contributed by atoms with Gasteiger partial charge in [0.15, 0.2) is 0 Å². The average molecular weight is 285 g/mol. The predicted molar refractivity (Wildman–Crippen MR) is 82.2 cm³/mol. The molecule has 1 N–H and O–H groups in total. The molecule has 1 atom stereocenters. The van der Waals surface area contributed by atoms with Crippen LogP contribution >= 0.6 is 0 Å². The van der Waals surface area contributed by atoms with Crippen LogP contribution in [0.2, 0.25) is 0 Å². The SMILES string of the molecule is CC(=O)Nc1ccc(/C=C\C(=O)N(C)[C@H](C)CC#N)cc1. The van der Waals surface area contributed by atoms with Crippen molar-refractivity contribution in [1.82, 2.24) is 4.90 Å². The fraction of sp³-hybridized carbons (Fsp3) is 0.312. The fourth-order valence-corrected chi connectivity index (χ4v) is 1.65. The number of nitrogens with zero attached hydrogens (tertiary/aromatic N) is 2. The quantitative estimate of drug-likeness (QED) is 0.844. The summed E-state index contributed by atoms with van der Waals surface area (Å²) in [6.07, 6.45) is 3.48. The number of likely N-dealkylation sites (N-methyl/N-ethyl adjacent to an activating group) is 1. The van der Waals surface area contributed by atoms with Gasteiger partial charge in [-0.25, -0.2) is 0 Å². The van der Waals surface area contributed by atoms with Crippen LogP contribution in [-0.4, -0.2) is 29.8 Å². The molecule has 1 aromatic carbocycles. The topological polar surface area (TPSA) is 73.2 Å². The molecule has 2 amide bonds. The van der Waals surface area contributed by atoms with E-state index in [1.54, 1.807) is 25.3 Å². The smallest absolute Gasteiger partial charge is 0.246 e. The molecule has 110 valence electrons. The lowest BCUT2D eigenvalue weighted by Gasteiger charge is -2.21. The summed E-state index contributed by atoms with van der Waals surface area (Å²) in [5.41, 5.74) is 1.57. The van der Waals surface area contributed by atoms with Crippen LogP contribution in [0.15, 0.2) is 30.3 Å². The van der Waals surface area contributed by atoms with E-state index >= 15 is 0 Å². The van der Waals surface area contributed by atoms with E-state index in [1.165, 1.54) is 17.9 Å². The third kappa shape index (κ3) is 5.49. The van der Waals surface area contributed by atoms with E-state index in [-0.39, 0.29) is 17.9 Å². The molecule has 0 saturated carbocycles. The lowest BCUT2D eigenvalue weighted by atomic mass is 10.1. The van der Waals surface area contributed by atoms with Gasteiger partial charge in [-0.15, -0.1) is 0 Å². The third-order valence-electron chi connectivity index (χ3n) is 3.04. The number of hydrogen-bond acceptors (Lipinski definition) is 3. The molecule has 0 bridgehead atoms. The number of benzene rings is 1. The van der Waals surface area contributed by atoms with Gasteiger partial charge in [-0.1, -0.05) is 12.1 Å². The van der Waals surface area contributed by atoms with Gasteiger partial charge < -0.3 is 10.2 Å². The second-order valence-corrected chi connectivity index (χ2v) is 4.80. The third-order valence-corrected chi connectivity index (χ3v) is 3.04. The maximum absolute atomic E-state index is 11.9. The van der Waals surface area contributed by atoms with Gasteiger partial charge in [-0.05, 0) is 30.7 Å². The number of rotatable bonds is 5. The van der Waals surface area contributed by atoms with Crippen molar-refractivity contribution in [1.29, 1.82) is 5.26 Å².